The van der Waals surface area contributed by atoms with Crippen molar-refractivity contribution < 1.29 is 23.1 Å². The SMILES string of the molecule is CCOCCCNS(=O)(=O)c1cc(C(=O)O)ccc1Cl. The lowest BCUT2D eigenvalue weighted by molar-refractivity contribution is 0.0696. The van der Waals surface area contributed by atoms with Gasteiger partial charge in [-0.1, -0.05) is 11.6 Å². The number of hydrogen-bond acceptors (Lipinski definition) is 4. The van der Waals surface area contributed by atoms with E-state index in [0.29, 0.717) is 19.6 Å². The second-order valence-electron chi connectivity index (χ2n) is 3.90. The molecule has 2 N–H and O–H groups in total. The monoisotopic (exact) mass is 321 g/mol. The molecule has 0 aliphatic heterocycles. The molecule has 8 heteroatoms. The zero-order valence-electron chi connectivity index (χ0n) is 10.9. The normalized spacial score (nSPS) is 11.5. The van der Waals surface area contributed by atoms with Crippen molar-refractivity contribution in [1.82, 2.24) is 4.72 Å². The van der Waals surface area contributed by atoms with Gasteiger partial charge in [0.25, 0.3) is 0 Å². The van der Waals surface area contributed by atoms with E-state index in [1.54, 1.807) is 0 Å². The Morgan fingerprint density at radius 2 is 2.15 bits per heavy atom. The standard InChI is InChI=1S/C12H16ClNO5S/c1-2-19-7-3-6-14-20(17,18)11-8-9(12(15)16)4-5-10(11)13/h4-5,8,14H,2-3,6-7H2,1H3,(H,15,16). The summed E-state index contributed by atoms with van der Waals surface area (Å²) < 4.78 is 31.5. The van der Waals surface area contributed by atoms with Crippen molar-refractivity contribution in [2.45, 2.75) is 18.2 Å². The molecule has 1 aromatic carbocycles. The highest BCUT2D eigenvalue weighted by molar-refractivity contribution is 7.89. The van der Waals surface area contributed by atoms with Crippen LogP contribution in [0.25, 0.3) is 0 Å². The molecule has 0 bridgehead atoms. The largest absolute Gasteiger partial charge is 0.478 e. The fraction of sp³-hybridized carbons (Fsp3) is 0.417. The molecule has 0 saturated heterocycles. The molecule has 1 rings (SSSR count). The Labute approximate surface area is 122 Å². The number of sulfonamides is 1. The van der Waals surface area contributed by atoms with E-state index in [-0.39, 0.29) is 22.0 Å². The summed E-state index contributed by atoms with van der Waals surface area (Å²) in [6.07, 6.45) is 0.517. The summed E-state index contributed by atoms with van der Waals surface area (Å²) in [6, 6.07) is 3.54. The van der Waals surface area contributed by atoms with Crippen molar-refractivity contribution in [3.8, 4) is 0 Å². The summed E-state index contributed by atoms with van der Waals surface area (Å²) in [6.45, 7) is 3.05. The molecule has 0 fully saturated rings. The molecule has 0 spiro atoms. The zero-order valence-corrected chi connectivity index (χ0v) is 12.5. The quantitative estimate of drug-likeness (QED) is 0.711. The van der Waals surface area contributed by atoms with Crippen LogP contribution in [-0.2, 0) is 14.8 Å². The Kier molecular flexibility index (Phi) is 6.41. The van der Waals surface area contributed by atoms with Crippen molar-refractivity contribution >= 4 is 27.6 Å². The molecule has 112 valence electrons. The Morgan fingerprint density at radius 1 is 1.45 bits per heavy atom. The van der Waals surface area contributed by atoms with E-state index < -0.39 is 16.0 Å². The van der Waals surface area contributed by atoms with E-state index in [2.05, 4.69) is 4.72 Å². The van der Waals surface area contributed by atoms with Gasteiger partial charge in [0.2, 0.25) is 10.0 Å². The van der Waals surface area contributed by atoms with E-state index in [1.807, 2.05) is 6.92 Å². The molecular weight excluding hydrogens is 306 g/mol. The first-order chi connectivity index (χ1) is 9.38. The summed E-state index contributed by atoms with van der Waals surface area (Å²) in [5.74, 6) is -1.21. The van der Waals surface area contributed by atoms with Crippen LogP contribution in [0, 0.1) is 0 Å². The summed E-state index contributed by atoms with van der Waals surface area (Å²) >= 11 is 5.81. The molecule has 6 nitrogen and oxygen atoms in total. The molecule has 1 aromatic rings. The fourth-order valence-electron chi connectivity index (χ4n) is 1.45. The maximum Gasteiger partial charge on any atom is 0.335 e. The second kappa shape index (κ2) is 7.58. The third-order valence-electron chi connectivity index (χ3n) is 2.43. The van der Waals surface area contributed by atoms with Gasteiger partial charge in [0.1, 0.15) is 4.90 Å². The summed E-state index contributed by atoms with van der Waals surface area (Å²) in [5, 5.41) is 8.84. The minimum atomic E-state index is -3.83. The molecule has 0 saturated carbocycles. The Balaban J connectivity index is 2.81. The van der Waals surface area contributed by atoms with Crippen LogP contribution in [0.5, 0.6) is 0 Å². The Hall–Kier alpha value is -1.15. The number of carboxylic acid groups (broad SMARTS) is 1. The summed E-state index contributed by atoms with van der Waals surface area (Å²) in [5.41, 5.74) is -0.135. The van der Waals surface area contributed by atoms with Gasteiger partial charge in [0.05, 0.1) is 10.6 Å². The summed E-state index contributed by atoms with van der Waals surface area (Å²) in [4.78, 5) is 10.6. The van der Waals surface area contributed by atoms with Crippen molar-refractivity contribution in [2.24, 2.45) is 0 Å². The van der Waals surface area contributed by atoms with Gasteiger partial charge in [-0.3, -0.25) is 0 Å². The van der Waals surface area contributed by atoms with Gasteiger partial charge >= 0.3 is 5.97 Å². The number of benzene rings is 1. The van der Waals surface area contributed by atoms with Crippen LogP contribution in [0.15, 0.2) is 23.1 Å². The number of rotatable bonds is 8. The maximum atomic E-state index is 12.0. The van der Waals surface area contributed by atoms with E-state index in [9.17, 15) is 13.2 Å². The van der Waals surface area contributed by atoms with Crippen molar-refractivity contribution in [3.05, 3.63) is 28.8 Å². The third-order valence-corrected chi connectivity index (χ3v) is 4.37. The van der Waals surface area contributed by atoms with Gasteiger partial charge < -0.3 is 9.84 Å². The van der Waals surface area contributed by atoms with Crippen LogP contribution >= 0.6 is 11.6 Å². The molecule has 0 aromatic heterocycles. The van der Waals surface area contributed by atoms with Gasteiger partial charge in [0.15, 0.2) is 0 Å². The average Bonchev–Trinajstić information content (AvgIpc) is 2.38. The van der Waals surface area contributed by atoms with E-state index in [0.717, 1.165) is 6.07 Å². The Bertz CT molecular complexity index is 573. The molecule has 0 radical (unpaired) electrons. The van der Waals surface area contributed by atoms with Gasteiger partial charge in [-0.05, 0) is 31.5 Å². The molecule has 0 aliphatic rings. The summed E-state index contributed by atoms with van der Waals surface area (Å²) in [7, 11) is -3.83. The highest BCUT2D eigenvalue weighted by Gasteiger charge is 2.19. The van der Waals surface area contributed by atoms with Crippen LogP contribution in [0.4, 0.5) is 0 Å². The van der Waals surface area contributed by atoms with E-state index in [4.69, 9.17) is 21.4 Å². The number of halogens is 1. The number of ether oxygens (including phenoxy) is 1. The predicted octanol–water partition coefficient (Wildman–Crippen LogP) is 1.74. The number of carboxylic acids is 1. The lowest BCUT2D eigenvalue weighted by Crippen LogP contribution is -2.26. The maximum absolute atomic E-state index is 12.0. The number of aromatic carboxylic acids is 1. The highest BCUT2D eigenvalue weighted by Crippen LogP contribution is 2.22. The number of nitrogens with one attached hydrogen (secondary N) is 1. The second-order valence-corrected chi connectivity index (χ2v) is 6.04. The molecule has 0 atom stereocenters. The van der Waals surface area contributed by atoms with Crippen LogP contribution in [0.2, 0.25) is 5.02 Å². The first-order valence-corrected chi connectivity index (χ1v) is 7.85. The topological polar surface area (TPSA) is 92.7 Å². The number of hydrogen-bond donors (Lipinski definition) is 2. The molecule has 20 heavy (non-hydrogen) atoms. The first kappa shape index (κ1) is 16.9. The van der Waals surface area contributed by atoms with Gasteiger partial charge in [-0.2, -0.15) is 0 Å². The lowest BCUT2D eigenvalue weighted by Gasteiger charge is -2.09. The van der Waals surface area contributed by atoms with Crippen LogP contribution in [-0.4, -0.2) is 39.3 Å². The van der Waals surface area contributed by atoms with Crippen molar-refractivity contribution in [1.29, 1.82) is 0 Å². The van der Waals surface area contributed by atoms with Gasteiger partial charge in [0, 0.05) is 19.8 Å². The molecule has 0 heterocycles. The zero-order chi connectivity index (χ0) is 15.2. The minimum absolute atomic E-state index is 0.0210. The smallest absolute Gasteiger partial charge is 0.335 e. The van der Waals surface area contributed by atoms with E-state index >= 15 is 0 Å². The third kappa shape index (κ3) is 4.75. The fourth-order valence-corrected chi connectivity index (χ4v) is 3.04. The molecule has 0 amide bonds. The van der Waals surface area contributed by atoms with E-state index in [1.165, 1.54) is 12.1 Å². The number of carbonyl (C=O) groups is 1. The van der Waals surface area contributed by atoms with Crippen molar-refractivity contribution in [2.75, 3.05) is 19.8 Å². The van der Waals surface area contributed by atoms with Crippen LogP contribution in [0.3, 0.4) is 0 Å². The first-order valence-electron chi connectivity index (χ1n) is 5.98. The minimum Gasteiger partial charge on any atom is -0.478 e. The molecular formula is C12H16ClNO5S. The predicted molar refractivity (Wildman–Crippen MR) is 74.7 cm³/mol. The average molecular weight is 322 g/mol. The Morgan fingerprint density at radius 3 is 2.75 bits per heavy atom. The highest BCUT2D eigenvalue weighted by atomic mass is 35.5. The van der Waals surface area contributed by atoms with Gasteiger partial charge in [-0.25, -0.2) is 17.9 Å². The lowest BCUT2D eigenvalue weighted by atomic mass is 10.2. The van der Waals surface area contributed by atoms with Gasteiger partial charge in [-0.15, -0.1) is 0 Å². The van der Waals surface area contributed by atoms with Crippen LogP contribution in [0.1, 0.15) is 23.7 Å². The molecule has 0 unspecified atom stereocenters. The van der Waals surface area contributed by atoms with Crippen molar-refractivity contribution in [3.63, 3.8) is 0 Å². The van der Waals surface area contributed by atoms with Crippen LogP contribution < -0.4 is 4.72 Å². The molecule has 0 aliphatic carbocycles.